The number of nitrogens with one attached hydrogen (secondary N) is 1. The first-order chi connectivity index (χ1) is 11.2. The molecule has 1 N–H and O–H groups in total. The van der Waals surface area contributed by atoms with Gasteiger partial charge < -0.3 is 9.15 Å². The number of aryl methyl sites for hydroxylation is 2. The fourth-order valence-electron chi connectivity index (χ4n) is 2.82. The zero-order chi connectivity index (χ0) is 15.8. The summed E-state index contributed by atoms with van der Waals surface area (Å²) in [6.07, 6.45) is 3.22. The Hall–Kier alpha value is -2.34. The van der Waals surface area contributed by atoms with Gasteiger partial charge in [-0.2, -0.15) is 0 Å². The number of amides is 1. The van der Waals surface area contributed by atoms with Crippen molar-refractivity contribution in [3.63, 3.8) is 0 Å². The SMILES string of the molecule is CCOc1cccc2cc(C(=O)Nc3nc4c(s3)CCC4)oc12. The highest BCUT2D eigenvalue weighted by Crippen LogP contribution is 2.32. The maximum Gasteiger partial charge on any atom is 0.293 e. The number of ether oxygens (including phenoxy) is 1. The quantitative estimate of drug-likeness (QED) is 0.785. The van der Waals surface area contributed by atoms with Gasteiger partial charge in [0.2, 0.25) is 0 Å². The van der Waals surface area contributed by atoms with E-state index in [4.69, 9.17) is 9.15 Å². The van der Waals surface area contributed by atoms with Crippen LogP contribution in [-0.4, -0.2) is 17.5 Å². The van der Waals surface area contributed by atoms with E-state index in [2.05, 4.69) is 10.3 Å². The van der Waals surface area contributed by atoms with E-state index in [-0.39, 0.29) is 11.7 Å². The zero-order valence-electron chi connectivity index (χ0n) is 12.7. The van der Waals surface area contributed by atoms with Crippen molar-refractivity contribution in [3.05, 3.63) is 40.6 Å². The number of benzene rings is 1. The average molecular weight is 328 g/mol. The van der Waals surface area contributed by atoms with Gasteiger partial charge in [0.05, 0.1) is 12.3 Å². The summed E-state index contributed by atoms with van der Waals surface area (Å²) in [4.78, 5) is 18.2. The monoisotopic (exact) mass is 328 g/mol. The number of furan rings is 1. The molecule has 0 saturated carbocycles. The number of anilines is 1. The molecule has 3 aromatic rings. The van der Waals surface area contributed by atoms with Gasteiger partial charge in [-0.05, 0) is 38.3 Å². The van der Waals surface area contributed by atoms with Crippen molar-refractivity contribution < 1.29 is 13.9 Å². The van der Waals surface area contributed by atoms with E-state index in [1.807, 2.05) is 25.1 Å². The second-order valence-corrected chi connectivity index (χ2v) is 6.50. The molecule has 0 saturated heterocycles. The molecule has 6 heteroatoms. The number of para-hydroxylation sites is 1. The number of aromatic nitrogens is 1. The predicted octanol–water partition coefficient (Wildman–Crippen LogP) is 4.03. The smallest absolute Gasteiger partial charge is 0.293 e. The molecule has 1 aliphatic carbocycles. The third-order valence-corrected chi connectivity index (χ3v) is 4.92. The first kappa shape index (κ1) is 14.3. The molecular weight excluding hydrogens is 312 g/mol. The number of nitrogens with zero attached hydrogens (tertiary/aromatic N) is 1. The molecule has 0 unspecified atom stereocenters. The Morgan fingerprint density at radius 2 is 2.35 bits per heavy atom. The third kappa shape index (κ3) is 2.59. The summed E-state index contributed by atoms with van der Waals surface area (Å²) in [5.41, 5.74) is 1.72. The lowest BCUT2D eigenvalue weighted by Gasteiger charge is -2.02. The first-order valence-electron chi connectivity index (χ1n) is 7.70. The van der Waals surface area contributed by atoms with Crippen LogP contribution in [0.5, 0.6) is 5.75 Å². The van der Waals surface area contributed by atoms with E-state index in [0.717, 1.165) is 30.3 Å². The average Bonchev–Trinajstić information content (AvgIpc) is 3.21. The fraction of sp³-hybridized carbons (Fsp3) is 0.294. The van der Waals surface area contributed by atoms with E-state index < -0.39 is 0 Å². The highest BCUT2D eigenvalue weighted by molar-refractivity contribution is 7.15. The molecule has 2 aromatic heterocycles. The number of hydrogen-bond donors (Lipinski definition) is 1. The fourth-order valence-corrected chi connectivity index (χ4v) is 3.86. The summed E-state index contributed by atoms with van der Waals surface area (Å²) in [6, 6.07) is 7.35. The zero-order valence-corrected chi connectivity index (χ0v) is 13.5. The normalized spacial score (nSPS) is 13.3. The van der Waals surface area contributed by atoms with Crippen molar-refractivity contribution >= 4 is 33.3 Å². The third-order valence-electron chi connectivity index (χ3n) is 3.85. The molecule has 1 aromatic carbocycles. The maximum absolute atomic E-state index is 12.4. The standard InChI is InChI=1S/C17H16N2O3S/c1-2-21-12-7-3-5-10-9-13(22-15(10)12)16(20)19-17-18-11-6-4-8-14(11)23-17/h3,5,7,9H,2,4,6,8H2,1H3,(H,18,19,20). The molecule has 23 heavy (non-hydrogen) atoms. The summed E-state index contributed by atoms with van der Waals surface area (Å²) in [7, 11) is 0. The van der Waals surface area contributed by atoms with Crippen molar-refractivity contribution in [2.75, 3.05) is 11.9 Å². The highest BCUT2D eigenvalue weighted by atomic mass is 32.1. The van der Waals surface area contributed by atoms with E-state index in [9.17, 15) is 4.79 Å². The Labute approximate surface area is 137 Å². The van der Waals surface area contributed by atoms with Crippen LogP contribution < -0.4 is 10.1 Å². The minimum absolute atomic E-state index is 0.266. The molecule has 1 amide bonds. The van der Waals surface area contributed by atoms with Gasteiger partial charge in [-0.25, -0.2) is 4.98 Å². The molecule has 0 spiro atoms. The van der Waals surface area contributed by atoms with Crippen molar-refractivity contribution in [1.82, 2.24) is 4.98 Å². The Morgan fingerprint density at radius 3 is 3.17 bits per heavy atom. The lowest BCUT2D eigenvalue weighted by atomic mass is 10.2. The molecule has 4 rings (SSSR count). The Morgan fingerprint density at radius 1 is 1.43 bits per heavy atom. The van der Waals surface area contributed by atoms with Gasteiger partial charge in [0.15, 0.2) is 22.2 Å². The molecule has 1 aliphatic rings. The van der Waals surface area contributed by atoms with E-state index in [1.165, 1.54) is 4.88 Å². The Balaban J connectivity index is 1.60. The second-order valence-electron chi connectivity index (χ2n) is 5.41. The van der Waals surface area contributed by atoms with Crippen molar-refractivity contribution in [3.8, 4) is 5.75 Å². The highest BCUT2D eigenvalue weighted by Gasteiger charge is 2.20. The maximum atomic E-state index is 12.4. The molecule has 0 aliphatic heterocycles. The molecule has 0 radical (unpaired) electrons. The number of carbonyl (C=O) groups is 1. The van der Waals surface area contributed by atoms with Crippen LogP contribution in [0, 0.1) is 0 Å². The van der Waals surface area contributed by atoms with E-state index in [0.29, 0.717) is 23.1 Å². The Bertz CT molecular complexity index is 860. The molecule has 0 atom stereocenters. The van der Waals surface area contributed by atoms with Crippen LogP contribution in [0.15, 0.2) is 28.7 Å². The van der Waals surface area contributed by atoms with Crippen molar-refractivity contribution in [2.45, 2.75) is 26.2 Å². The minimum atomic E-state index is -0.281. The van der Waals surface area contributed by atoms with Gasteiger partial charge in [0, 0.05) is 10.3 Å². The molecular formula is C17H16N2O3S. The molecule has 5 nitrogen and oxygen atoms in total. The van der Waals surface area contributed by atoms with Crippen LogP contribution in [0.3, 0.4) is 0 Å². The second kappa shape index (κ2) is 5.70. The van der Waals surface area contributed by atoms with Gasteiger partial charge in [-0.15, -0.1) is 11.3 Å². The van der Waals surface area contributed by atoms with Crippen molar-refractivity contribution in [2.24, 2.45) is 0 Å². The molecule has 0 bridgehead atoms. The van der Waals surface area contributed by atoms with Gasteiger partial charge in [-0.1, -0.05) is 12.1 Å². The lowest BCUT2D eigenvalue weighted by Crippen LogP contribution is -2.10. The van der Waals surface area contributed by atoms with Crippen LogP contribution in [0.1, 0.15) is 34.5 Å². The van der Waals surface area contributed by atoms with E-state index in [1.54, 1.807) is 17.4 Å². The largest absolute Gasteiger partial charge is 0.490 e. The summed E-state index contributed by atoms with van der Waals surface area (Å²) in [5.74, 6) is 0.635. The van der Waals surface area contributed by atoms with Crippen molar-refractivity contribution in [1.29, 1.82) is 0 Å². The van der Waals surface area contributed by atoms with Crippen LogP contribution in [0.25, 0.3) is 11.0 Å². The predicted molar refractivity (Wildman–Crippen MR) is 89.5 cm³/mol. The molecule has 2 heterocycles. The first-order valence-corrected chi connectivity index (χ1v) is 8.51. The van der Waals surface area contributed by atoms with Gasteiger partial charge in [-0.3, -0.25) is 10.1 Å². The number of rotatable bonds is 4. The number of hydrogen-bond acceptors (Lipinski definition) is 5. The number of fused-ring (bicyclic) bond motifs is 2. The van der Waals surface area contributed by atoms with Gasteiger partial charge in [0.1, 0.15) is 0 Å². The van der Waals surface area contributed by atoms with Gasteiger partial charge >= 0.3 is 0 Å². The van der Waals surface area contributed by atoms with Crippen LogP contribution in [0.4, 0.5) is 5.13 Å². The summed E-state index contributed by atoms with van der Waals surface area (Å²) in [6.45, 7) is 2.46. The lowest BCUT2D eigenvalue weighted by molar-refractivity contribution is 0.0998. The Kier molecular flexibility index (Phi) is 3.53. The van der Waals surface area contributed by atoms with Crippen LogP contribution in [-0.2, 0) is 12.8 Å². The molecule has 118 valence electrons. The van der Waals surface area contributed by atoms with Gasteiger partial charge in [0.25, 0.3) is 5.91 Å². The summed E-state index contributed by atoms with van der Waals surface area (Å²) >= 11 is 1.55. The summed E-state index contributed by atoms with van der Waals surface area (Å²) in [5, 5.41) is 4.33. The van der Waals surface area contributed by atoms with Crippen LogP contribution >= 0.6 is 11.3 Å². The minimum Gasteiger partial charge on any atom is -0.490 e. The van der Waals surface area contributed by atoms with E-state index >= 15 is 0 Å². The number of carbonyl (C=O) groups excluding carboxylic acids is 1. The summed E-state index contributed by atoms with van der Waals surface area (Å²) < 4.78 is 11.2. The topological polar surface area (TPSA) is 64.4 Å². The van der Waals surface area contributed by atoms with Crippen LogP contribution in [0.2, 0.25) is 0 Å². The number of thiazole rings is 1. The molecule has 0 fully saturated rings.